The van der Waals surface area contributed by atoms with Crippen LogP contribution in [0, 0.1) is 13.8 Å². The second-order valence-electron chi connectivity index (χ2n) is 5.28. The number of ether oxygens (including phenoxy) is 2. The van der Waals surface area contributed by atoms with Crippen molar-refractivity contribution in [1.82, 2.24) is 9.38 Å². The van der Waals surface area contributed by atoms with E-state index in [0.29, 0.717) is 5.82 Å². The Morgan fingerprint density at radius 3 is 2.76 bits per heavy atom. The molecule has 2 N–H and O–H groups in total. The molecule has 1 aliphatic rings. The zero-order valence-electron chi connectivity index (χ0n) is 11.9. The van der Waals surface area contributed by atoms with Crippen LogP contribution < -0.4 is 15.2 Å². The molecule has 5 heteroatoms. The van der Waals surface area contributed by atoms with Gasteiger partial charge < -0.3 is 15.2 Å². The highest BCUT2D eigenvalue weighted by atomic mass is 16.7. The van der Waals surface area contributed by atoms with Crippen molar-refractivity contribution in [3.8, 4) is 22.8 Å². The SMILES string of the molecule is Cc1cc(C)n2c(N)c(-c3ccc4c(c3)OCO4)nc2c1. The first-order chi connectivity index (χ1) is 10.1. The Hall–Kier alpha value is -2.69. The van der Waals surface area contributed by atoms with E-state index in [9.17, 15) is 0 Å². The zero-order valence-corrected chi connectivity index (χ0v) is 11.9. The number of pyridine rings is 1. The van der Waals surface area contributed by atoms with Gasteiger partial charge in [-0.05, 0) is 49.7 Å². The molecule has 5 nitrogen and oxygen atoms in total. The number of imidazole rings is 1. The summed E-state index contributed by atoms with van der Waals surface area (Å²) >= 11 is 0. The second kappa shape index (κ2) is 4.15. The third-order valence-corrected chi connectivity index (χ3v) is 3.73. The maximum Gasteiger partial charge on any atom is 0.231 e. The highest BCUT2D eigenvalue weighted by Crippen LogP contribution is 2.37. The van der Waals surface area contributed by atoms with Crippen molar-refractivity contribution in [2.24, 2.45) is 0 Å². The molecule has 1 aromatic carbocycles. The number of aryl methyl sites for hydroxylation is 2. The summed E-state index contributed by atoms with van der Waals surface area (Å²) in [5, 5.41) is 0. The maximum atomic E-state index is 6.30. The number of benzene rings is 1. The Balaban J connectivity index is 1.94. The molecule has 1 aliphatic heterocycles. The standard InChI is InChI=1S/C16H15N3O2/c1-9-5-10(2)19-14(6-9)18-15(16(19)17)11-3-4-12-13(7-11)21-8-20-12/h3-7H,8,17H2,1-2H3. The van der Waals surface area contributed by atoms with Crippen LogP contribution in [0.3, 0.4) is 0 Å². The second-order valence-corrected chi connectivity index (χ2v) is 5.28. The molecule has 0 bridgehead atoms. The van der Waals surface area contributed by atoms with Crippen molar-refractivity contribution in [1.29, 1.82) is 0 Å². The topological polar surface area (TPSA) is 61.8 Å². The van der Waals surface area contributed by atoms with Gasteiger partial charge >= 0.3 is 0 Å². The third-order valence-electron chi connectivity index (χ3n) is 3.73. The summed E-state index contributed by atoms with van der Waals surface area (Å²) in [6, 6.07) is 9.88. The van der Waals surface area contributed by atoms with Crippen LogP contribution >= 0.6 is 0 Å². The van der Waals surface area contributed by atoms with Crippen molar-refractivity contribution >= 4 is 11.5 Å². The van der Waals surface area contributed by atoms with Crippen molar-refractivity contribution in [2.45, 2.75) is 13.8 Å². The van der Waals surface area contributed by atoms with Crippen LogP contribution in [-0.2, 0) is 0 Å². The van der Waals surface area contributed by atoms with Crippen LogP contribution in [-0.4, -0.2) is 16.2 Å². The molecule has 21 heavy (non-hydrogen) atoms. The van der Waals surface area contributed by atoms with Gasteiger partial charge in [0.25, 0.3) is 0 Å². The number of hydrogen-bond acceptors (Lipinski definition) is 4. The van der Waals surface area contributed by atoms with Crippen LogP contribution in [0.5, 0.6) is 11.5 Å². The number of nitrogens with two attached hydrogens (primary N) is 1. The van der Waals surface area contributed by atoms with E-state index in [0.717, 1.165) is 34.1 Å². The summed E-state index contributed by atoms with van der Waals surface area (Å²) in [7, 11) is 0. The molecule has 2 aromatic heterocycles. The molecule has 0 amide bonds. The first kappa shape index (κ1) is 12.1. The number of nitrogens with zero attached hydrogens (tertiary/aromatic N) is 2. The summed E-state index contributed by atoms with van der Waals surface area (Å²) < 4.78 is 12.7. The van der Waals surface area contributed by atoms with Crippen molar-refractivity contribution in [3.05, 3.63) is 41.6 Å². The third kappa shape index (κ3) is 1.74. The molecular formula is C16H15N3O2. The lowest BCUT2D eigenvalue weighted by atomic mass is 10.1. The largest absolute Gasteiger partial charge is 0.454 e. The maximum absolute atomic E-state index is 6.30. The first-order valence-corrected chi connectivity index (χ1v) is 6.79. The zero-order chi connectivity index (χ0) is 14.6. The molecule has 0 radical (unpaired) electrons. The number of nitrogen functional groups attached to an aromatic ring is 1. The van der Waals surface area contributed by atoms with Gasteiger partial charge in [-0.3, -0.25) is 4.40 Å². The molecule has 3 aromatic rings. The fraction of sp³-hybridized carbons (Fsp3) is 0.188. The van der Waals surface area contributed by atoms with Gasteiger partial charge in [-0.15, -0.1) is 0 Å². The van der Waals surface area contributed by atoms with E-state index >= 15 is 0 Å². The monoisotopic (exact) mass is 281 g/mol. The fourth-order valence-electron chi connectivity index (χ4n) is 2.81. The number of rotatable bonds is 1. The van der Waals surface area contributed by atoms with Crippen LogP contribution in [0.4, 0.5) is 5.82 Å². The van der Waals surface area contributed by atoms with Gasteiger partial charge in [-0.1, -0.05) is 0 Å². The van der Waals surface area contributed by atoms with Crippen molar-refractivity contribution in [2.75, 3.05) is 12.5 Å². The summed E-state index contributed by atoms with van der Waals surface area (Å²) in [5.74, 6) is 2.13. The summed E-state index contributed by atoms with van der Waals surface area (Å²) in [6.45, 7) is 4.34. The number of anilines is 1. The highest BCUT2D eigenvalue weighted by Gasteiger charge is 2.18. The quantitative estimate of drug-likeness (QED) is 0.745. The number of aromatic nitrogens is 2. The van der Waals surface area contributed by atoms with Gasteiger partial charge in [0.15, 0.2) is 11.5 Å². The van der Waals surface area contributed by atoms with Gasteiger partial charge in [-0.25, -0.2) is 4.98 Å². The van der Waals surface area contributed by atoms with E-state index in [1.807, 2.05) is 35.6 Å². The van der Waals surface area contributed by atoms with E-state index < -0.39 is 0 Å². The van der Waals surface area contributed by atoms with Crippen molar-refractivity contribution < 1.29 is 9.47 Å². The van der Waals surface area contributed by atoms with E-state index in [2.05, 4.69) is 18.0 Å². The lowest BCUT2D eigenvalue weighted by Crippen LogP contribution is -1.98. The molecule has 106 valence electrons. The molecule has 0 spiro atoms. The Morgan fingerprint density at radius 2 is 1.90 bits per heavy atom. The average molecular weight is 281 g/mol. The minimum Gasteiger partial charge on any atom is -0.454 e. The first-order valence-electron chi connectivity index (χ1n) is 6.79. The van der Waals surface area contributed by atoms with Gasteiger partial charge in [0.05, 0.1) is 0 Å². The molecule has 0 fully saturated rings. The Kier molecular flexibility index (Phi) is 2.39. The number of hydrogen-bond donors (Lipinski definition) is 1. The van der Waals surface area contributed by atoms with E-state index in [1.165, 1.54) is 5.56 Å². The van der Waals surface area contributed by atoms with E-state index in [4.69, 9.17) is 15.2 Å². The molecule has 0 aliphatic carbocycles. The minimum absolute atomic E-state index is 0.262. The molecule has 3 heterocycles. The predicted octanol–water partition coefficient (Wildman–Crippen LogP) is 2.93. The van der Waals surface area contributed by atoms with Gasteiger partial charge in [-0.2, -0.15) is 0 Å². The Bertz CT molecular complexity index is 868. The van der Waals surface area contributed by atoms with Crippen LogP contribution in [0.1, 0.15) is 11.3 Å². The lowest BCUT2D eigenvalue weighted by molar-refractivity contribution is 0.174. The van der Waals surface area contributed by atoms with Crippen LogP contribution in [0.2, 0.25) is 0 Å². The van der Waals surface area contributed by atoms with Gasteiger partial charge in [0, 0.05) is 11.3 Å². The van der Waals surface area contributed by atoms with Crippen LogP contribution in [0.15, 0.2) is 30.3 Å². The van der Waals surface area contributed by atoms with Crippen molar-refractivity contribution in [3.63, 3.8) is 0 Å². The smallest absolute Gasteiger partial charge is 0.231 e. The molecule has 0 unspecified atom stereocenters. The molecule has 0 atom stereocenters. The predicted molar refractivity (Wildman–Crippen MR) is 80.6 cm³/mol. The molecule has 0 saturated heterocycles. The Labute approximate surface area is 121 Å². The fourth-order valence-corrected chi connectivity index (χ4v) is 2.81. The lowest BCUT2D eigenvalue weighted by Gasteiger charge is -2.04. The summed E-state index contributed by atoms with van der Waals surface area (Å²) in [5.41, 5.74) is 11.1. The number of fused-ring (bicyclic) bond motifs is 2. The summed E-state index contributed by atoms with van der Waals surface area (Å²) in [6.07, 6.45) is 0. The van der Waals surface area contributed by atoms with Gasteiger partial charge in [0.2, 0.25) is 6.79 Å². The minimum atomic E-state index is 0.262. The van der Waals surface area contributed by atoms with E-state index in [1.54, 1.807) is 0 Å². The van der Waals surface area contributed by atoms with E-state index in [-0.39, 0.29) is 6.79 Å². The van der Waals surface area contributed by atoms with Gasteiger partial charge in [0.1, 0.15) is 17.2 Å². The summed E-state index contributed by atoms with van der Waals surface area (Å²) in [4.78, 5) is 4.67. The molecule has 0 saturated carbocycles. The Morgan fingerprint density at radius 1 is 1.10 bits per heavy atom. The highest BCUT2D eigenvalue weighted by molar-refractivity contribution is 5.77. The average Bonchev–Trinajstić information content (AvgIpc) is 3.02. The molecule has 4 rings (SSSR count). The molecular weight excluding hydrogens is 266 g/mol. The van der Waals surface area contributed by atoms with Crippen LogP contribution in [0.25, 0.3) is 16.9 Å². The normalized spacial score (nSPS) is 13.0.